The van der Waals surface area contributed by atoms with Crippen LogP contribution in [-0.4, -0.2) is 10.5 Å². The van der Waals surface area contributed by atoms with E-state index in [2.05, 4.69) is 52.6 Å². The van der Waals surface area contributed by atoms with Crippen molar-refractivity contribution in [1.29, 1.82) is 0 Å². The first-order chi connectivity index (χ1) is 12.2. The topological polar surface area (TPSA) is 48.0 Å². The summed E-state index contributed by atoms with van der Waals surface area (Å²) < 4.78 is 2.30. The molecule has 4 rings (SSSR count). The molecule has 0 fully saturated rings. The predicted molar refractivity (Wildman–Crippen MR) is 105 cm³/mol. The quantitative estimate of drug-likeness (QED) is 0.545. The second kappa shape index (κ2) is 6.37. The first kappa shape index (κ1) is 15.9. The second-order valence-electron chi connectivity index (χ2n) is 6.38. The van der Waals surface area contributed by atoms with Gasteiger partial charge in [0.1, 0.15) is 0 Å². The summed E-state index contributed by atoms with van der Waals surface area (Å²) in [6.07, 6.45) is 2.17. The molecule has 4 aromatic rings. The van der Waals surface area contributed by atoms with Crippen molar-refractivity contribution in [3.05, 3.63) is 69.9 Å². The molecule has 0 aliphatic carbocycles. The molecule has 0 radical (unpaired) electrons. The maximum atomic E-state index is 12.0. The number of carbonyl (C=O) groups is 1. The lowest BCUT2D eigenvalue weighted by Crippen LogP contribution is -2.11. The summed E-state index contributed by atoms with van der Waals surface area (Å²) in [5.41, 5.74) is 11.1. The van der Waals surface area contributed by atoms with Gasteiger partial charge in [-0.25, -0.2) is 0 Å². The summed E-state index contributed by atoms with van der Waals surface area (Å²) in [5, 5.41) is 6.33. The maximum Gasteiger partial charge on any atom is 0.249 e. The smallest absolute Gasteiger partial charge is 0.249 e. The zero-order valence-corrected chi connectivity index (χ0v) is 15.0. The normalized spacial score (nSPS) is 11.4. The number of nitrogens with zero attached hydrogens (tertiary/aromatic N) is 1. The van der Waals surface area contributed by atoms with Gasteiger partial charge in [0.25, 0.3) is 0 Å². The van der Waals surface area contributed by atoms with Crippen LogP contribution in [0.5, 0.6) is 0 Å². The SMILES string of the molecule is CCCc1ccc2c3c(C(N)=O)cccc3n(Cc3ccsc3)c2c1. The lowest BCUT2D eigenvalue weighted by molar-refractivity contribution is 0.100. The Morgan fingerprint density at radius 1 is 1.12 bits per heavy atom. The number of fused-ring (bicyclic) bond motifs is 3. The van der Waals surface area contributed by atoms with Crippen molar-refractivity contribution >= 4 is 39.0 Å². The molecule has 0 atom stereocenters. The van der Waals surface area contributed by atoms with E-state index in [-0.39, 0.29) is 5.91 Å². The standard InChI is InChI=1S/C21H20N2OS/c1-2-4-14-7-8-16-19(11-14)23(12-15-9-10-25-13-15)18-6-3-5-17(20(16)18)21(22)24/h3,5-11,13H,2,4,12H2,1H3,(H2,22,24). The van der Waals surface area contributed by atoms with Crippen LogP contribution in [0.25, 0.3) is 21.8 Å². The number of hydrogen-bond donors (Lipinski definition) is 1. The molecule has 0 spiro atoms. The summed E-state index contributed by atoms with van der Waals surface area (Å²) >= 11 is 1.70. The Kier molecular flexibility index (Phi) is 4.06. The third kappa shape index (κ3) is 2.72. The molecule has 0 aliphatic heterocycles. The Balaban J connectivity index is 2.05. The van der Waals surface area contributed by atoms with Crippen molar-refractivity contribution in [3.63, 3.8) is 0 Å². The van der Waals surface area contributed by atoms with Crippen molar-refractivity contribution in [3.8, 4) is 0 Å². The lowest BCUT2D eigenvalue weighted by Gasteiger charge is -2.07. The van der Waals surface area contributed by atoms with Crippen molar-refractivity contribution in [2.45, 2.75) is 26.3 Å². The Labute approximate surface area is 150 Å². The number of nitrogens with two attached hydrogens (primary N) is 1. The molecule has 0 bridgehead atoms. The number of amides is 1. The van der Waals surface area contributed by atoms with Gasteiger partial charge in [-0.1, -0.05) is 31.5 Å². The van der Waals surface area contributed by atoms with Gasteiger partial charge in [0.15, 0.2) is 0 Å². The van der Waals surface area contributed by atoms with E-state index in [1.54, 1.807) is 11.3 Å². The molecule has 0 aliphatic rings. The van der Waals surface area contributed by atoms with E-state index in [4.69, 9.17) is 5.73 Å². The third-order valence-electron chi connectivity index (χ3n) is 4.68. The molecular formula is C21H20N2OS. The third-order valence-corrected chi connectivity index (χ3v) is 5.41. The number of carbonyl (C=O) groups excluding carboxylic acids is 1. The van der Waals surface area contributed by atoms with Crippen molar-refractivity contribution in [2.24, 2.45) is 5.73 Å². The van der Waals surface area contributed by atoms with Crippen LogP contribution >= 0.6 is 11.3 Å². The maximum absolute atomic E-state index is 12.0. The molecule has 1 amide bonds. The highest BCUT2D eigenvalue weighted by Crippen LogP contribution is 2.33. The predicted octanol–water partition coefficient (Wildman–Crippen LogP) is 4.96. The van der Waals surface area contributed by atoms with Crippen molar-refractivity contribution in [1.82, 2.24) is 4.57 Å². The van der Waals surface area contributed by atoms with Gasteiger partial charge < -0.3 is 10.3 Å². The van der Waals surface area contributed by atoms with Gasteiger partial charge in [-0.15, -0.1) is 0 Å². The van der Waals surface area contributed by atoms with Crippen molar-refractivity contribution < 1.29 is 4.79 Å². The van der Waals surface area contributed by atoms with Gasteiger partial charge in [-0.2, -0.15) is 11.3 Å². The Bertz CT molecular complexity index is 1060. The van der Waals surface area contributed by atoms with Crippen LogP contribution in [0.3, 0.4) is 0 Å². The highest BCUT2D eigenvalue weighted by atomic mass is 32.1. The number of rotatable bonds is 5. The van der Waals surface area contributed by atoms with E-state index >= 15 is 0 Å². The van der Waals surface area contributed by atoms with Crippen LogP contribution in [-0.2, 0) is 13.0 Å². The molecule has 0 unspecified atom stereocenters. The van der Waals surface area contributed by atoms with Gasteiger partial charge in [0, 0.05) is 28.4 Å². The molecular weight excluding hydrogens is 328 g/mol. The second-order valence-corrected chi connectivity index (χ2v) is 7.16. The Hall–Kier alpha value is -2.59. The average molecular weight is 348 g/mol. The van der Waals surface area contributed by atoms with Crippen LogP contribution in [0.4, 0.5) is 0 Å². The minimum Gasteiger partial charge on any atom is -0.366 e. The molecule has 2 heterocycles. The minimum atomic E-state index is -0.377. The monoisotopic (exact) mass is 348 g/mol. The van der Waals surface area contributed by atoms with Crippen LogP contribution in [0, 0.1) is 0 Å². The van der Waals surface area contributed by atoms with Crippen LogP contribution < -0.4 is 5.73 Å². The molecule has 0 saturated heterocycles. The number of primary amides is 1. The molecule has 3 nitrogen and oxygen atoms in total. The summed E-state index contributed by atoms with van der Waals surface area (Å²) in [5.74, 6) is -0.377. The van der Waals surface area contributed by atoms with Crippen LogP contribution in [0.2, 0.25) is 0 Å². The highest BCUT2D eigenvalue weighted by molar-refractivity contribution is 7.07. The van der Waals surface area contributed by atoms with E-state index in [9.17, 15) is 4.79 Å². The largest absolute Gasteiger partial charge is 0.366 e. The first-order valence-corrected chi connectivity index (χ1v) is 9.48. The van der Waals surface area contributed by atoms with E-state index in [1.165, 1.54) is 16.6 Å². The number of benzene rings is 2. The number of thiophene rings is 1. The molecule has 2 N–H and O–H groups in total. The van der Waals surface area contributed by atoms with Gasteiger partial charge in [0.05, 0.1) is 5.52 Å². The van der Waals surface area contributed by atoms with Gasteiger partial charge in [-0.3, -0.25) is 4.79 Å². The number of hydrogen-bond acceptors (Lipinski definition) is 2. The highest BCUT2D eigenvalue weighted by Gasteiger charge is 2.16. The summed E-state index contributed by atoms with van der Waals surface area (Å²) in [4.78, 5) is 12.0. The zero-order chi connectivity index (χ0) is 17.4. The average Bonchev–Trinajstić information content (AvgIpc) is 3.22. The van der Waals surface area contributed by atoms with E-state index in [0.717, 1.165) is 35.7 Å². The molecule has 2 aromatic carbocycles. The fourth-order valence-corrected chi connectivity index (χ4v) is 4.23. The summed E-state index contributed by atoms with van der Waals surface area (Å²) in [6, 6.07) is 14.5. The fourth-order valence-electron chi connectivity index (χ4n) is 3.57. The van der Waals surface area contributed by atoms with Crippen LogP contribution in [0.15, 0.2) is 53.2 Å². The van der Waals surface area contributed by atoms with Crippen LogP contribution in [0.1, 0.15) is 34.8 Å². The summed E-state index contributed by atoms with van der Waals surface area (Å²) in [6.45, 7) is 2.98. The first-order valence-electron chi connectivity index (χ1n) is 8.53. The molecule has 2 aromatic heterocycles. The molecule has 25 heavy (non-hydrogen) atoms. The fraction of sp³-hybridized carbons (Fsp3) is 0.190. The summed E-state index contributed by atoms with van der Waals surface area (Å²) in [7, 11) is 0. The molecule has 126 valence electrons. The Morgan fingerprint density at radius 3 is 2.72 bits per heavy atom. The zero-order valence-electron chi connectivity index (χ0n) is 14.2. The molecule has 0 saturated carbocycles. The van der Waals surface area contributed by atoms with Crippen molar-refractivity contribution in [2.75, 3.05) is 0 Å². The van der Waals surface area contributed by atoms with Gasteiger partial charge in [-0.05, 0) is 52.6 Å². The lowest BCUT2D eigenvalue weighted by atomic mass is 10.0. The van der Waals surface area contributed by atoms with E-state index in [1.807, 2.05) is 12.1 Å². The van der Waals surface area contributed by atoms with E-state index < -0.39 is 0 Å². The van der Waals surface area contributed by atoms with E-state index in [0.29, 0.717) is 5.56 Å². The van der Waals surface area contributed by atoms with Gasteiger partial charge in [0.2, 0.25) is 5.91 Å². The Morgan fingerprint density at radius 2 is 2.00 bits per heavy atom. The number of aromatic nitrogens is 1. The van der Waals surface area contributed by atoms with Gasteiger partial charge >= 0.3 is 0 Å². The minimum absolute atomic E-state index is 0.377. The molecule has 4 heteroatoms. The number of aryl methyl sites for hydroxylation is 1.